The highest BCUT2D eigenvalue weighted by Crippen LogP contribution is 2.31. The van der Waals surface area contributed by atoms with Crippen LogP contribution in [0.15, 0.2) is 28.2 Å². The Morgan fingerprint density at radius 3 is 2.95 bits per heavy atom. The molecule has 0 amide bonds. The molecule has 0 aliphatic carbocycles. The molecule has 0 fully saturated rings. The zero-order chi connectivity index (χ0) is 14.3. The smallest absolute Gasteiger partial charge is 0.309 e. The molecule has 0 saturated heterocycles. The van der Waals surface area contributed by atoms with Crippen molar-refractivity contribution >= 4 is 22.3 Å². The largest absolute Gasteiger partial charge is 0.481 e. The van der Waals surface area contributed by atoms with Gasteiger partial charge in [-0.25, -0.2) is 4.98 Å². The molecule has 6 heteroatoms. The summed E-state index contributed by atoms with van der Waals surface area (Å²) in [4.78, 5) is 16.5. The molecule has 1 N–H and O–H groups in total. The highest BCUT2D eigenvalue weighted by molar-refractivity contribution is 7.15. The van der Waals surface area contributed by atoms with Gasteiger partial charge in [-0.15, -0.1) is 11.3 Å². The SMILES string of the molecule is CC(C)c1csc2nc(-c3ccco3)c(CC(=O)O)n12. The molecule has 0 spiro atoms. The molecule has 0 aromatic carbocycles. The van der Waals surface area contributed by atoms with Gasteiger partial charge in [0.05, 0.1) is 18.4 Å². The van der Waals surface area contributed by atoms with E-state index in [0.717, 1.165) is 10.7 Å². The molecule has 0 saturated carbocycles. The predicted octanol–water partition coefficient (Wildman–Crippen LogP) is 3.41. The Labute approximate surface area is 119 Å². The Morgan fingerprint density at radius 1 is 1.55 bits per heavy atom. The van der Waals surface area contributed by atoms with Gasteiger partial charge in [-0.2, -0.15) is 0 Å². The third-order valence-corrected chi connectivity index (χ3v) is 3.99. The Morgan fingerprint density at radius 2 is 2.35 bits per heavy atom. The van der Waals surface area contributed by atoms with Crippen LogP contribution in [0.4, 0.5) is 0 Å². The van der Waals surface area contributed by atoms with E-state index in [1.807, 2.05) is 9.78 Å². The molecule has 3 aromatic rings. The number of nitrogens with zero attached hydrogens (tertiary/aromatic N) is 2. The Kier molecular flexibility index (Phi) is 3.10. The van der Waals surface area contributed by atoms with E-state index in [9.17, 15) is 4.79 Å². The van der Waals surface area contributed by atoms with Crippen LogP contribution in [-0.4, -0.2) is 20.5 Å². The van der Waals surface area contributed by atoms with Crippen molar-refractivity contribution < 1.29 is 14.3 Å². The Hall–Kier alpha value is -2.08. The van der Waals surface area contributed by atoms with Crippen molar-refractivity contribution in [2.45, 2.75) is 26.2 Å². The first-order chi connectivity index (χ1) is 9.58. The van der Waals surface area contributed by atoms with Gasteiger partial charge in [0.1, 0.15) is 5.69 Å². The first-order valence-electron chi connectivity index (χ1n) is 6.32. The van der Waals surface area contributed by atoms with E-state index in [0.29, 0.717) is 23.1 Å². The minimum Gasteiger partial charge on any atom is -0.481 e. The van der Waals surface area contributed by atoms with Gasteiger partial charge in [-0.05, 0) is 18.1 Å². The zero-order valence-electron chi connectivity index (χ0n) is 11.2. The average Bonchev–Trinajstić information content (AvgIpc) is 3.04. The highest BCUT2D eigenvalue weighted by atomic mass is 32.1. The maximum absolute atomic E-state index is 11.2. The van der Waals surface area contributed by atoms with Gasteiger partial charge in [0.2, 0.25) is 0 Å². The summed E-state index contributed by atoms with van der Waals surface area (Å²) in [6.45, 7) is 4.16. The third-order valence-electron chi connectivity index (χ3n) is 3.15. The van der Waals surface area contributed by atoms with Crippen LogP contribution in [0.3, 0.4) is 0 Å². The van der Waals surface area contributed by atoms with Crippen LogP contribution >= 0.6 is 11.3 Å². The highest BCUT2D eigenvalue weighted by Gasteiger charge is 2.22. The van der Waals surface area contributed by atoms with Crippen molar-refractivity contribution in [1.82, 2.24) is 9.38 Å². The second kappa shape index (κ2) is 4.79. The molecule has 104 valence electrons. The van der Waals surface area contributed by atoms with Crippen LogP contribution in [0.1, 0.15) is 31.2 Å². The fourth-order valence-electron chi connectivity index (χ4n) is 2.25. The number of carboxylic acids is 1. The van der Waals surface area contributed by atoms with E-state index < -0.39 is 5.97 Å². The molecule has 3 heterocycles. The standard InChI is InChI=1S/C14H14N2O3S/c1-8(2)10-7-20-14-15-13(11-4-3-5-19-11)9(16(10)14)6-12(17)18/h3-5,7-8H,6H2,1-2H3,(H,17,18). The van der Waals surface area contributed by atoms with Crippen molar-refractivity contribution in [2.75, 3.05) is 0 Å². The normalized spacial score (nSPS) is 11.6. The Bertz CT molecular complexity index is 753. The lowest BCUT2D eigenvalue weighted by Crippen LogP contribution is -2.06. The fourth-order valence-corrected chi connectivity index (χ4v) is 3.32. The van der Waals surface area contributed by atoms with Crippen LogP contribution in [0.2, 0.25) is 0 Å². The molecule has 3 rings (SSSR count). The first kappa shape index (κ1) is 12.9. The number of hydrogen-bond acceptors (Lipinski definition) is 4. The van der Waals surface area contributed by atoms with Gasteiger partial charge in [0.25, 0.3) is 0 Å². The van der Waals surface area contributed by atoms with Gasteiger partial charge in [0, 0.05) is 11.1 Å². The summed E-state index contributed by atoms with van der Waals surface area (Å²) >= 11 is 1.52. The van der Waals surface area contributed by atoms with Crippen molar-refractivity contribution in [1.29, 1.82) is 0 Å². The van der Waals surface area contributed by atoms with Crippen LogP contribution in [0, 0.1) is 0 Å². The van der Waals surface area contributed by atoms with Crippen molar-refractivity contribution in [3.8, 4) is 11.5 Å². The number of hydrogen-bond donors (Lipinski definition) is 1. The van der Waals surface area contributed by atoms with Gasteiger partial charge in [-0.3, -0.25) is 9.20 Å². The van der Waals surface area contributed by atoms with Gasteiger partial charge in [-0.1, -0.05) is 13.8 Å². The molecule has 3 aromatic heterocycles. The lowest BCUT2D eigenvalue weighted by Gasteiger charge is -2.06. The Balaban J connectivity index is 2.27. The summed E-state index contributed by atoms with van der Waals surface area (Å²) in [6, 6.07) is 3.57. The summed E-state index contributed by atoms with van der Waals surface area (Å²) in [6.07, 6.45) is 1.49. The van der Waals surface area contributed by atoms with E-state index in [2.05, 4.69) is 18.8 Å². The number of rotatable bonds is 4. The van der Waals surface area contributed by atoms with E-state index in [1.165, 1.54) is 11.3 Å². The zero-order valence-corrected chi connectivity index (χ0v) is 12.0. The number of aliphatic carboxylic acids is 1. The van der Waals surface area contributed by atoms with Crippen LogP contribution < -0.4 is 0 Å². The minimum absolute atomic E-state index is 0.0757. The van der Waals surface area contributed by atoms with Gasteiger partial charge < -0.3 is 9.52 Å². The van der Waals surface area contributed by atoms with Crippen molar-refractivity contribution in [3.63, 3.8) is 0 Å². The number of carbonyl (C=O) groups is 1. The summed E-state index contributed by atoms with van der Waals surface area (Å²) < 4.78 is 7.32. The number of furan rings is 1. The minimum atomic E-state index is -0.875. The topological polar surface area (TPSA) is 67.7 Å². The molecule has 0 aliphatic heterocycles. The van der Waals surface area contributed by atoms with E-state index in [4.69, 9.17) is 9.52 Å². The van der Waals surface area contributed by atoms with Crippen LogP contribution in [0.25, 0.3) is 16.4 Å². The van der Waals surface area contributed by atoms with Gasteiger partial charge in [0.15, 0.2) is 10.7 Å². The molecule has 0 radical (unpaired) electrons. The van der Waals surface area contributed by atoms with E-state index in [-0.39, 0.29) is 6.42 Å². The van der Waals surface area contributed by atoms with Gasteiger partial charge >= 0.3 is 5.97 Å². The summed E-state index contributed by atoms with van der Waals surface area (Å²) in [5.41, 5.74) is 2.37. The number of fused-ring (bicyclic) bond motifs is 1. The van der Waals surface area contributed by atoms with Crippen LogP contribution in [0.5, 0.6) is 0 Å². The summed E-state index contributed by atoms with van der Waals surface area (Å²) in [5, 5.41) is 11.2. The molecular weight excluding hydrogens is 276 g/mol. The third kappa shape index (κ3) is 2.02. The molecule has 5 nitrogen and oxygen atoms in total. The number of carboxylic acid groups (broad SMARTS) is 1. The fraction of sp³-hybridized carbons (Fsp3) is 0.286. The summed E-state index contributed by atoms with van der Waals surface area (Å²) in [7, 11) is 0. The monoisotopic (exact) mass is 290 g/mol. The second-order valence-electron chi connectivity index (χ2n) is 4.89. The van der Waals surface area contributed by atoms with E-state index >= 15 is 0 Å². The second-order valence-corrected chi connectivity index (χ2v) is 5.72. The lowest BCUT2D eigenvalue weighted by molar-refractivity contribution is -0.136. The number of aromatic nitrogens is 2. The molecule has 20 heavy (non-hydrogen) atoms. The quantitative estimate of drug-likeness (QED) is 0.799. The summed E-state index contributed by atoms with van der Waals surface area (Å²) in [5.74, 6) is 0.0299. The van der Waals surface area contributed by atoms with Crippen LogP contribution in [-0.2, 0) is 11.2 Å². The average molecular weight is 290 g/mol. The molecule has 0 unspecified atom stereocenters. The van der Waals surface area contributed by atoms with E-state index in [1.54, 1.807) is 18.4 Å². The number of imidazole rings is 1. The molecule has 0 atom stereocenters. The molecule has 0 aliphatic rings. The maximum Gasteiger partial charge on any atom is 0.309 e. The first-order valence-corrected chi connectivity index (χ1v) is 7.20. The predicted molar refractivity (Wildman–Crippen MR) is 76.2 cm³/mol. The number of thiazole rings is 1. The van der Waals surface area contributed by atoms with Crippen molar-refractivity contribution in [2.24, 2.45) is 0 Å². The van der Waals surface area contributed by atoms with Crippen molar-refractivity contribution in [3.05, 3.63) is 35.2 Å². The molecule has 0 bridgehead atoms. The maximum atomic E-state index is 11.2. The molecular formula is C14H14N2O3S. The lowest BCUT2D eigenvalue weighted by atomic mass is 10.1.